The van der Waals surface area contributed by atoms with Crippen LogP contribution < -0.4 is 10.0 Å². The van der Waals surface area contributed by atoms with E-state index in [9.17, 15) is 13.2 Å². The first kappa shape index (κ1) is 22.8. The predicted molar refractivity (Wildman–Crippen MR) is 141 cm³/mol. The molecule has 1 amide bonds. The zero-order chi connectivity index (χ0) is 24.4. The highest BCUT2D eigenvalue weighted by molar-refractivity contribution is 7.92. The van der Waals surface area contributed by atoms with Gasteiger partial charge in [0, 0.05) is 11.3 Å². The molecule has 2 N–H and O–H groups in total. The van der Waals surface area contributed by atoms with Crippen LogP contribution >= 0.6 is 11.3 Å². The molecule has 0 saturated heterocycles. The fourth-order valence-corrected chi connectivity index (χ4v) is 5.63. The number of thiazole rings is 1. The van der Waals surface area contributed by atoms with Gasteiger partial charge in [-0.15, -0.1) is 11.3 Å². The molecule has 174 valence electrons. The highest BCUT2D eigenvalue weighted by Crippen LogP contribution is 2.31. The Bertz CT molecular complexity index is 1590. The van der Waals surface area contributed by atoms with Crippen LogP contribution in [0.1, 0.15) is 15.9 Å². The van der Waals surface area contributed by atoms with Crippen LogP contribution in [0.2, 0.25) is 0 Å². The number of anilines is 2. The number of rotatable bonds is 6. The van der Waals surface area contributed by atoms with Gasteiger partial charge in [0.25, 0.3) is 15.9 Å². The first-order chi connectivity index (χ1) is 16.9. The SMILES string of the molecule is Cc1ccc(S(=O)(=O)Nc2ccccc2C(=O)Nc2ccc(-c3nc4ccccc4s3)cc2)cc1. The second-order valence-corrected chi connectivity index (χ2v) is 10.7. The van der Waals surface area contributed by atoms with E-state index in [4.69, 9.17) is 0 Å². The van der Waals surface area contributed by atoms with Crippen LogP contribution in [0.15, 0.2) is 102 Å². The Labute approximate surface area is 207 Å². The van der Waals surface area contributed by atoms with Crippen molar-refractivity contribution < 1.29 is 13.2 Å². The molecule has 8 heteroatoms. The van der Waals surface area contributed by atoms with Crippen LogP contribution in [0.4, 0.5) is 11.4 Å². The van der Waals surface area contributed by atoms with Gasteiger partial charge in [0.05, 0.1) is 26.4 Å². The van der Waals surface area contributed by atoms with Gasteiger partial charge < -0.3 is 5.32 Å². The molecule has 0 aliphatic heterocycles. The summed E-state index contributed by atoms with van der Waals surface area (Å²) in [6.45, 7) is 1.88. The molecule has 5 rings (SSSR count). The van der Waals surface area contributed by atoms with Crippen molar-refractivity contribution in [2.45, 2.75) is 11.8 Å². The van der Waals surface area contributed by atoms with E-state index in [1.807, 2.05) is 43.3 Å². The number of carbonyl (C=O) groups excluding carboxylic acids is 1. The summed E-state index contributed by atoms with van der Waals surface area (Å²) in [5.74, 6) is -0.417. The summed E-state index contributed by atoms with van der Waals surface area (Å²) in [5.41, 5.74) is 3.88. The highest BCUT2D eigenvalue weighted by atomic mass is 32.2. The van der Waals surface area contributed by atoms with Crippen molar-refractivity contribution in [2.75, 3.05) is 10.0 Å². The molecule has 1 aromatic heterocycles. The van der Waals surface area contributed by atoms with E-state index in [1.54, 1.807) is 59.9 Å². The maximum Gasteiger partial charge on any atom is 0.261 e. The van der Waals surface area contributed by atoms with Gasteiger partial charge in [-0.3, -0.25) is 9.52 Å². The number of amides is 1. The van der Waals surface area contributed by atoms with Crippen molar-refractivity contribution in [3.8, 4) is 10.6 Å². The minimum atomic E-state index is -3.84. The van der Waals surface area contributed by atoms with Crippen molar-refractivity contribution in [1.29, 1.82) is 0 Å². The lowest BCUT2D eigenvalue weighted by molar-refractivity contribution is 0.102. The first-order valence-electron chi connectivity index (χ1n) is 10.8. The van der Waals surface area contributed by atoms with Crippen LogP contribution in [0.25, 0.3) is 20.8 Å². The fraction of sp³-hybridized carbons (Fsp3) is 0.0370. The molecular weight excluding hydrogens is 478 g/mol. The molecule has 5 aromatic rings. The fourth-order valence-electron chi connectivity index (χ4n) is 3.58. The largest absolute Gasteiger partial charge is 0.322 e. The molecule has 0 aliphatic rings. The summed E-state index contributed by atoms with van der Waals surface area (Å²) >= 11 is 1.61. The number of nitrogens with one attached hydrogen (secondary N) is 2. The monoisotopic (exact) mass is 499 g/mol. The van der Waals surface area contributed by atoms with Gasteiger partial charge in [0.15, 0.2) is 0 Å². The number of aromatic nitrogens is 1. The standard InChI is InChI=1S/C27H21N3O3S2/c1-18-10-16-21(17-11-18)35(32,33)30-23-7-3-2-6-22(23)26(31)28-20-14-12-19(13-15-20)27-29-24-8-4-5-9-25(24)34-27/h2-17,30H,1H3,(H,28,31). The quantitative estimate of drug-likeness (QED) is 0.286. The van der Waals surface area contributed by atoms with Crippen molar-refractivity contribution in [3.63, 3.8) is 0 Å². The second-order valence-electron chi connectivity index (χ2n) is 7.98. The Balaban J connectivity index is 1.34. The molecule has 1 heterocycles. The van der Waals surface area contributed by atoms with Gasteiger partial charge in [-0.2, -0.15) is 0 Å². The second kappa shape index (κ2) is 9.32. The Morgan fingerprint density at radius 1 is 0.829 bits per heavy atom. The number of fused-ring (bicyclic) bond motifs is 1. The normalized spacial score (nSPS) is 11.3. The molecule has 0 aliphatic carbocycles. The summed E-state index contributed by atoms with van der Waals surface area (Å²) in [4.78, 5) is 17.8. The lowest BCUT2D eigenvalue weighted by atomic mass is 10.1. The summed E-state index contributed by atoms with van der Waals surface area (Å²) in [6.07, 6.45) is 0. The van der Waals surface area contributed by atoms with Crippen LogP contribution in [0.3, 0.4) is 0 Å². The van der Waals surface area contributed by atoms with Gasteiger partial charge >= 0.3 is 0 Å². The van der Waals surface area contributed by atoms with Crippen molar-refractivity contribution >= 4 is 48.9 Å². The number of carbonyl (C=O) groups is 1. The summed E-state index contributed by atoms with van der Waals surface area (Å²) in [6, 6.07) is 28.4. The molecular formula is C27H21N3O3S2. The number of para-hydroxylation sites is 2. The molecule has 6 nitrogen and oxygen atoms in total. The zero-order valence-corrected chi connectivity index (χ0v) is 20.4. The van der Waals surface area contributed by atoms with E-state index in [-0.39, 0.29) is 16.1 Å². The van der Waals surface area contributed by atoms with Crippen molar-refractivity contribution in [2.24, 2.45) is 0 Å². The van der Waals surface area contributed by atoms with Crippen LogP contribution in [-0.4, -0.2) is 19.3 Å². The van der Waals surface area contributed by atoms with E-state index in [1.165, 1.54) is 12.1 Å². The van der Waals surface area contributed by atoms with E-state index in [0.29, 0.717) is 5.69 Å². The predicted octanol–water partition coefficient (Wildman–Crippen LogP) is 6.32. The third-order valence-corrected chi connectivity index (χ3v) is 7.90. The maximum absolute atomic E-state index is 13.0. The van der Waals surface area contributed by atoms with E-state index >= 15 is 0 Å². The Morgan fingerprint density at radius 3 is 2.26 bits per heavy atom. The van der Waals surface area contributed by atoms with Gasteiger partial charge in [-0.05, 0) is 67.6 Å². The summed E-state index contributed by atoms with van der Waals surface area (Å²) in [5, 5.41) is 3.75. The summed E-state index contributed by atoms with van der Waals surface area (Å²) < 4.78 is 29.3. The first-order valence-corrected chi connectivity index (χ1v) is 13.1. The Morgan fingerprint density at radius 2 is 1.51 bits per heavy atom. The van der Waals surface area contributed by atoms with E-state index in [2.05, 4.69) is 15.0 Å². The smallest absolute Gasteiger partial charge is 0.261 e. The maximum atomic E-state index is 13.0. The van der Waals surface area contributed by atoms with Gasteiger partial charge in [-0.1, -0.05) is 42.0 Å². The molecule has 0 radical (unpaired) electrons. The molecule has 4 aromatic carbocycles. The molecule has 0 atom stereocenters. The third-order valence-electron chi connectivity index (χ3n) is 5.43. The third kappa shape index (κ3) is 4.94. The number of nitrogens with zero attached hydrogens (tertiary/aromatic N) is 1. The van der Waals surface area contributed by atoms with E-state index < -0.39 is 15.9 Å². The average Bonchev–Trinajstić information content (AvgIpc) is 3.29. The number of hydrogen-bond donors (Lipinski definition) is 2. The lowest BCUT2D eigenvalue weighted by Crippen LogP contribution is -2.18. The number of sulfonamides is 1. The molecule has 0 saturated carbocycles. The zero-order valence-electron chi connectivity index (χ0n) is 18.7. The van der Waals surface area contributed by atoms with Gasteiger partial charge in [0.2, 0.25) is 0 Å². The average molecular weight is 500 g/mol. The van der Waals surface area contributed by atoms with E-state index in [0.717, 1.165) is 26.4 Å². The molecule has 0 bridgehead atoms. The number of aryl methyl sites for hydroxylation is 1. The van der Waals surface area contributed by atoms with Crippen LogP contribution in [0.5, 0.6) is 0 Å². The minimum Gasteiger partial charge on any atom is -0.322 e. The highest BCUT2D eigenvalue weighted by Gasteiger charge is 2.19. The van der Waals surface area contributed by atoms with Gasteiger partial charge in [-0.25, -0.2) is 13.4 Å². The van der Waals surface area contributed by atoms with Gasteiger partial charge in [0.1, 0.15) is 5.01 Å². The number of benzene rings is 4. The van der Waals surface area contributed by atoms with Crippen LogP contribution in [-0.2, 0) is 10.0 Å². The molecule has 0 unspecified atom stereocenters. The minimum absolute atomic E-state index is 0.128. The molecule has 0 fully saturated rings. The van der Waals surface area contributed by atoms with Crippen LogP contribution in [0, 0.1) is 6.92 Å². The summed E-state index contributed by atoms with van der Waals surface area (Å²) in [7, 11) is -3.84. The van der Waals surface area contributed by atoms with Crippen molar-refractivity contribution in [1.82, 2.24) is 4.98 Å². The Hall–Kier alpha value is -4.01. The molecule has 0 spiro atoms. The Kier molecular flexibility index (Phi) is 6.07. The topological polar surface area (TPSA) is 88.2 Å². The van der Waals surface area contributed by atoms with Crippen molar-refractivity contribution in [3.05, 3.63) is 108 Å². The number of hydrogen-bond acceptors (Lipinski definition) is 5. The lowest BCUT2D eigenvalue weighted by Gasteiger charge is -2.13. The molecule has 35 heavy (non-hydrogen) atoms.